The zero-order chi connectivity index (χ0) is 23.6. The van der Waals surface area contributed by atoms with E-state index < -0.39 is 29.7 Å². The number of amides is 2. The van der Waals surface area contributed by atoms with Crippen molar-refractivity contribution < 1.29 is 22.7 Å². The summed E-state index contributed by atoms with van der Waals surface area (Å²) >= 11 is 0. The molecule has 0 aliphatic carbocycles. The summed E-state index contributed by atoms with van der Waals surface area (Å²) in [5, 5.41) is 12.3. The first kappa shape index (κ1) is 22.1. The number of methoxy groups -OCH3 is 1. The van der Waals surface area contributed by atoms with E-state index >= 15 is 0 Å². The van der Waals surface area contributed by atoms with E-state index in [9.17, 15) is 18.0 Å². The molecule has 0 saturated heterocycles. The van der Waals surface area contributed by atoms with Crippen molar-refractivity contribution in [2.45, 2.75) is 19.2 Å². The summed E-state index contributed by atoms with van der Waals surface area (Å²) in [5.41, 5.74) is 0.721. The monoisotopic (exact) mass is 458 g/mol. The van der Waals surface area contributed by atoms with Gasteiger partial charge < -0.3 is 15.4 Å². The number of anilines is 2. The highest BCUT2D eigenvalue weighted by atomic mass is 19.4. The third-order valence-electron chi connectivity index (χ3n) is 4.71. The maximum absolute atomic E-state index is 13.6. The summed E-state index contributed by atoms with van der Waals surface area (Å²) in [5.74, 6) is -0.514. The lowest BCUT2D eigenvalue weighted by Crippen LogP contribution is -2.22. The van der Waals surface area contributed by atoms with Crippen LogP contribution in [-0.4, -0.2) is 43.1 Å². The molecule has 0 spiro atoms. The van der Waals surface area contributed by atoms with E-state index in [4.69, 9.17) is 4.74 Å². The molecule has 0 bridgehead atoms. The van der Waals surface area contributed by atoms with E-state index in [0.717, 1.165) is 17.1 Å². The Morgan fingerprint density at radius 3 is 2.55 bits per heavy atom. The third kappa shape index (κ3) is 4.57. The van der Waals surface area contributed by atoms with Crippen LogP contribution in [0, 0.1) is 0 Å². The Morgan fingerprint density at radius 1 is 1.09 bits per heavy atom. The Kier molecular flexibility index (Phi) is 5.87. The molecule has 1 atom stereocenters. The lowest BCUT2D eigenvalue weighted by molar-refractivity contribution is -0.137. The van der Waals surface area contributed by atoms with Gasteiger partial charge in [-0.25, -0.2) is 9.78 Å². The summed E-state index contributed by atoms with van der Waals surface area (Å²) in [7, 11) is 1.50. The van der Waals surface area contributed by atoms with Gasteiger partial charge in [0.1, 0.15) is 5.56 Å². The first-order chi connectivity index (χ1) is 15.8. The Balaban J connectivity index is 1.63. The number of pyridine rings is 3. The number of urea groups is 1. The number of hydrogen-bond donors (Lipinski definition) is 2. The van der Waals surface area contributed by atoms with Crippen LogP contribution in [0.3, 0.4) is 0 Å². The molecule has 13 heteroatoms. The fraction of sp³-hybridized carbons (Fsp3) is 0.200. The van der Waals surface area contributed by atoms with Crippen molar-refractivity contribution in [3.05, 3.63) is 60.3 Å². The SMILES string of the molecule is COC(C)c1c(NC(=O)Nc2cnc(-n3nccn3)c(C(F)(F)F)c2)cnc2cccnc12. The van der Waals surface area contributed by atoms with Crippen molar-refractivity contribution in [2.75, 3.05) is 17.7 Å². The van der Waals surface area contributed by atoms with Gasteiger partial charge in [0.15, 0.2) is 5.82 Å². The molecule has 170 valence electrons. The molecule has 2 N–H and O–H groups in total. The van der Waals surface area contributed by atoms with Gasteiger partial charge in [0.25, 0.3) is 0 Å². The van der Waals surface area contributed by atoms with Crippen LogP contribution in [0.25, 0.3) is 16.9 Å². The molecule has 0 radical (unpaired) electrons. The Morgan fingerprint density at radius 2 is 1.85 bits per heavy atom. The molecule has 0 aromatic carbocycles. The van der Waals surface area contributed by atoms with Crippen LogP contribution in [0.2, 0.25) is 0 Å². The van der Waals surface area contributed by atoms with Crippen LogP contribution in [0.4, 0.5) is 29.3 Å². The minimum absolute atomic E-state index is 0.177. The molecular weight excluding hydrogens is 441 g/mol. The molecule has 0 aliphatic rings. The molecule has 2 amide bonds. The van der Waals surface area contributed by atoms with Gasteiger partial charge in [-0.2, -0.15) is 23.4 Å². The largest absolute Gasteiger partial charge is 0.420 e. The van der Waals surface area contributed by atoms with Gasteiger partial charge in [-0.15, -0.1) is 4.80 Å². The standard InChI is InChI=1S/C20H17F3N8O2/c1-11(33-2)16-15(10-25-14-4-3-5-24-17(14)16)30-19(32)29-12-8-13(20(21,22)23)18(26-9-12)31-27-6-7-28-31/h3-11H,1-2H3,(H2,29,30,32). The highest BCUT2D eigenvalue weighted by molar-refractivity contribution is 6.01. The fourth-order valence-corrected chi connectivity index (χ4v) is 3.17. The van der Waals surface area contributed by atoms with Crippen LogP contribution in [-0.2, 0) is 10.9 Å². The molecule has 10 nitrogen and oxygen atoms in total. The van der Waals surface area contributed by atoms with Crippen LogP contribution in [0.15, 0.2) is 49.2 Å². The Labute approximate surface area is 184 Å². The van der Waals surface area contributed by atoms with Crippen molar-refractivity contribution in [3.63, 3.8) is 0 Å². The highest BCUT2D eigenvalue weighted by Crippen LogP contribution is 2.34. The number of alkyl halides is 3. The molecule has 4 aromatic rings. The number of halogens is 3. The van der Waals surface area contributed by atoms with Gasteiger partial charge in [0, 0.05) is 18.9 Å². The number of rotatable bonds is 5. The predicted molar refractivity (Wildman–Crippen MR) is 112 cm³/mol. The maximum Gasteiger partial charge on any atom is 0.420 e. The summed E-state index contributed by atoms with van der Waals surface area (Å²) in [6.45, 7) is 1.77. The van der Waals surface area contributed by atoms with Gasteiger partial charge in [-0.05, 0) is 25.1 Å². The molecule has 4 heterocycles. The van der Waals surface area contributed by atoms with Crippen molar-refractivity contribution in [3.8, 4) is 5.82 Å². The van der Waals surface area contributed by atoms with E-state index in [1.54, 1.807) is 25.3 Å². The summed E-state index contributed by atoms with van der Waals surface area (Å²) in [6, 6.07) is 3.45. The summed E-state index contributed by atoms with van der Waals surface area (Å²) < 4.78 is 46.1. The van der Waals surface area contributed by atoms with E-state index in [1.807, 2.05) is 0 Å². The molecule has 0 aliphatic heterocycles. The van der Waals surface area contributed by atoms with Crippen LogP contribution in [0.1, 0.15) is 24.2 Å². The lowest BCUT2D eigenvalue weighted by atomic mass is 10.1. The van der Waals surface area contributed by atoms with Gasteiger partial charge in [0.2, 0.25) is 0 Å². The second kappa shape index (κ2) is 8.78. The van der Waals surface area contributed by atoms with E-state index in [1.165, 1.54) is 25.7 Å². The zero-order valence-corrected chi connectivity index (χ0v) is 17.3. The fourth-order valence-electron chi connectivity index (χ4n) is 3.17. The number of hydrogen-bond acceptors (Lipinski definition) is 7. The maximum atomic E-state index is 13.6. The summed E-state index contributed by atoms with van der Waals surface area (Å²) in [4.78, 5) is 25.7. The highest BCUT2D eigenvalue weighted by Gasteiger charge is 2.36. The molecular formula is C20H17F3N8O2. The molecule has 33 heavy (non-hydrogen) atoms. The number of carbonyl (C=O) groups is 1. The predicted octanol–water partition coefficient (Wildman–Crippen LogP) is 3.98. The second-order valence-electron chi connectivity index (χ2n) is 6.83. The average molecular weight is 458 g/mol. The van der Waals surface area contributed by atoms with E-state index in [0.29, 0.717) is 22.3 Å². The van der Waals surface area contributed by atoms with Crippen molar-refractivity contribution in [1.82, 2.24) is 29.9 Å². The van der Waals surface area contributed by atoms with Gasteiger partial charge >= 0.3 is 12.2 Å². The first-order valence-electron chi connectivity index (χ1n) is 9.56. The van der Waals surface area contributed by atoms with Gasteiger partial charge in [-0.1, -0.05) is 0 Å². The van der Waals surface area contributed by atoms with Crippen LogP contribution in [0.5, 0.6) is 0 Å². The number of nitrogens with zero attached hydrogens (tertiary/aromatic N) is 6. The average Bonchev–Trinajstić information content (AvgIpc) is 3.32. The molecule has 4 rings (SSSR count). The lowest BCUT2D eigenvalue weighted by Gasteiger charge is -2.18. The number of nitrogens with one attached hydrogen (secondary N) is 2. The topological polar surface area (TPSA) is 120 Å². The number of ether oxygens (including phenoxy) is 1. The molecule has 1 unspecified atom stereocenters. The molecule has 0 fully saturated rings. The van der Waals surface area contributed by atoms with Gasteiger partial charge in [-0.3, -0.25) is 9.97 Å². The summed E-state index contributed by atoms with van der Waals surface area (Å²) in [6.07, 6.45) is 1.35. The third-order valence-corrected chi connectivity index (χ3v) is 4.71. The van der Waals surface area contributed by atoms with Crippen molar-refractivity contribution in [2.24, 2.45) is 0 Å². The number of aromatic nitrogens is 6. The minimum Gasteiger partial charge on any atom is -0.377 e. The normalized spacial score (nSPS) is 12.5. The van der Waals surface area contributed by atoms with Crippen molar-refractivity contribution >= 4 is 28.4 Å². The van der Waals surface area contributed by atoms with E-state index in [-0.39, 0.29) is 5.69 Å². The zero-order valence-electron chi connectivity index (χ0n) is 17.3. The van der Waals surface area contributed by atoms with Crippen LogP contribution >= 0.6 is 0 Å². The van der Waals surface area contributed by atoms with Crippen molar-refractivity contribution in [1.29, 1.82) is 0 Å². The Hall–Kier alpha value is -4.13. The quantitative estimate of drug-likeness (QED) is 0.464. The van der Waals surface area contributed by atoms with Gasteiger partial charge in [0.05, 0.1) is 53.3 Å². The second-order valence-corrected chi connectivity index (χ2v) is 6.83. The molecule has 4 aromatic heterocycles. The Bertz CT molecular complexity index is 1290. The minimum atomic E-state index is -4.75. The first-order valence-corrected chi connectivity index (χ1v) is 9.56. The number of carbonyl (C=O) groups excluding carboxylic acids is 1. The number of fused-ring (bicyclic) bond motifs is 1. The van der Waals surface area contributed by atoms with E-state index in [2.05, 4.69) is 35.8 Å². The molecule has 0 saturated carbocycles. The smallest absolute Gasteiger partial charge is 0.377 e. The van der Waals surface area contributed by atoms with Crippen LogP contribution < -0.4 is 10.6 Å².